The molecule has 16 heavy (non-hydrogen) atoms. The van der Waals surface area contributed by atoms with Crippen LogP contribution in [0.2, 0.25) is 5.02 Å². The first-order valence-electron chi connectivity index (χ1n) is 5.20. The first-order chi connectivity index (χ1) is 7.31. The van der Waals surface area contributed by atoms with Crippen molar-refractivity contribution in [2.45, 2.75) is 33.2 Å². The lowest BCUT2D eigenvalue weighted by atomic mass is 9.79. The standard InChI is InChI=1S/C12H16BrClFN/c1-4-12(2,3)11(16)7-5-6-8(13)9(14)10(7)15/h5-6,11H,4,16H2,1-3H3. The van der Waals surface area contributed by atoms with Gasteiger partial charge in [0.05, 0.1) is 5.02 Å². The molecule has 2 N–H and O–H groups in total. The van der Waals surface area contributed by atoms with E-state index in [9.17, 15) is 4.39 Å². The molecule has 0 bridgehead atoms. The quantitative estimate of drug-likeness (QED) is 0.806. The fourth-order valence-electron chi connectivity index (χ4n) is 1.42. The highest BCUT2D eigenvalue weighted by atomic mass is 79.9. The zero-order chi connectivity index (χ0) is 12.5. The molecule has 0 fully saturated rings. The summed E-state index contributed by atoms with van der Waals surface area (Å²) < 4.78 is 14.5. The summed E-state index contributed by atoms with van der Waals surface area (Å²) in [7, 11) is 0. The van der Waals surface area contributed by atoms with Crippen molar-refractivity contribution in [3.05, 3.63) is 33.0 Å². The lowest BCUT2D eigenvalue weighted by Gasteiger charge is -2.31. The van der Waals surface area contributed by atoms with Crippen molar-refractivity contribution in [3.8, 4) is 0 Å². The van der Waals surface area contributed by atoms with Gasteiger partial charge in [0.2, 0.25) is 0 Å². The van der Waals surface area contributed by atoms with Crippen LogP contribution in [0.25, 0.3) is 0 Å². The topological polar surface area (TPSA) is 26.0 Å². The Morgan fingerprint density at radius 1 is 1.50 bits per heavy atom. The number of benzene rings is 1. The minimum absolute atomic E-state index is 0.0971. The Morgan fingerprint density at radius 3 is 2.56 bits per heavy atom. The highest BCUT2D eigenvalue weighted by Crippen LogP contribution is 2.38. The number of nitrogens with two attached hydrogens (primary N) is 1. The Morgan fingerprint density at radius 2 is 2.06 bits per heavy atom. The van der Waals surface area contributed by atoms with Crippen LogP contribution in [0.5, 0.6) is 0 Å². The minimum Gasteiger partial charge on any atom is -0.323 e. The fourth-order valence-corrected chi connectivity index (χ4v) is 1.90. The van der Waals surface area contributed by atoms with E-state index >= 15 is 0 Å². The van der Waals surface area contributed by atoms with Gasteiger partial charge in [-0.1, -0.05) is 38.4 Å². The van der Waals surface area contributed by atoms with Crippen molar-refractivity contribution in [1.82, 2.24) is 0 Å². The largest absolute Gasteiger partial charge is 0.323 e. The van der Waals surface area contributed by atoms with Gasteiger partial charge in [-0.05, 0) is 33.8 Å². The van der Waals surface area contributed by atoms with E-state index in [1.54, 1.807) is 12.1 Å². The van der Waals surface area contributed by atoms with E-state index in [4.69, 9.17) is 17.3 Å². The van der Waals surface area contributed by atoms with E-state index in [0.29, 0.717) is 10.0 Å². The number of rotatable bonds is 3. The second-order valence-corrected chi connectivity index (χ2v) is 5.82. The maximum Gasteiger partial charge on any atom is 0.147 e. The molecule has 1 rings (SSSR count). The third-order valence-corrected chi connectivity index (χ3v) is 4.41. The summed E-state index contributed by atoms with van der Waals surface area (Å²) in [4.78, 5) is 0. The average Bonchev–Trinajstić information content (AvgIpc) is 2.25. The van der Waals surface area contributed by atoms with Crippen molar-refractivity contribution in [3.63, 3.8) is 0 Å². The van der Waals surface area contributed by atoms with Gasteiger partial charge in [-0.25, -0.2) is 4.39 Å². The molecule has 1 unspecified atom stereocenters. The molecule has 0 spiro atoms. The van der Waals surface area contributed by atoms with E-state index in [1.807, 2.05) is 20.8 Å². The highest BCUT2D eigenvalue weighted by molar-refractivity contribution is 9.10. The molecule has 0 aliphatic carbocycles. The second-order valence-electron chi connectivity index (χ2n) is 4.58. The molecule has 0 saturated carbocycles. The molecule has 0 aromatic heterocycles. The summed E-state index contributed by atoms with van der Waals surface area (Å²) in [5, 5.41) is 0.0971. The summed E-state index contributed by atoms with van der Waals surface area (Å²) in [5.74, 6) is -0.426. The second kappa shape index (κ2) is 5.03. The van der Waals surface area contributed by atoms with Crippen molar-refractivity contribution < 1.29 is 4.39 Å². The van der Waals surface area contributed by atoms with E-state index in [-0.39, 0.29) is 16.5 Å². The SMILES string of the molecule is CCC(C)(C)C(N)c1ccc(Br)c(Cl)c1F. The Kier molecular flexibility index (Phi) is 4.38. The molecule has 90 valence electrons. The van der Waals surface area contributed by atoms with Crippen LogP contribution in [0.3, 0.4) is 0 Å². The molecule has 0 aliphatic rings. The van der Waals surface area contributed by atoms with E-state index < -0.39 is 5.82 Å². The van der Waals surface area contributed by atoms with Crippen LogP contribution in [0.4, 0.5) is 4.39 Å². The zero-order valence-electron chi connectivity index (χ0n) is 9.65. The third kappa shape index (κ3) is 2.58. The predicted molar refractivity (Wildman–Crippen MR) is 70.1 cm³/mol. The third-order valence-electron chi connectivity index (χ3n) is 3.15. The maximum atomic E-state index is 13.9. The summed E-state index contributed by atoms with van der Waals surface area (Å²) in [5.41, 5.74) is 6.41. The predicted octanol–water partition coefficient (Wildman–Crippen LogP) is 4.68. The molecule has 0 saturated heterocycles. The average molecular weight is 309 g/mol. The minimum atomic E-state index is -0.426. The summed E-state index contributed by atoms with van der Waals surface area (Å²) in [6.45, 7) is 6.08. The lowest BCUT2D eigenvalue weighted by molar-refractivity contribution is 0.273. The van der Waals surface area contributed by atoms with Gasteiger partial charge in [0.15, 0.2) is 0 Å². The number of hydrogen-bond acceptors (Lipinski definition) is 1. The van der Waals surface area contributed by atoms with Gasteiger partial charge >= 0.3 is 0 Å². The van der Waals surface area contributed by atoms with Crippen LogP contribution in [0.1, 0.15) is 38.8 Å². The van der Waals surface area contributed by atoms with Gasteiger partial charge in [-0.2, -0.15) is 0 Å². The molecule has 0 radical (unpaired) electrons. The molecule has 1 nitrogen and oxygen atoms in total. The zero-order valence-corrected chi connectivity index (χ0v) is 12.0. The van der Waals surface area contributed by atoms with Gasteiger partial charge in [-0.3, -0.25) is 0 Å². The van der Waals surface area contributed by atoms with Crippen LogP contribution < -0.4 is 5.73 Å². The van der Waals surface area contributed by atoms with Gasteiger partial charge < -0.3 is 5.73 Å². The van der Waals surface area contributed by atoms with Crippen molar-refractivity contribution in [2.24, 2.45) is 11.1 Å². The number of halogens is 3. The first-order valence-corrected chi connectivity index (χ1v) is 6.37. The molecule has 0 amide bonds. The van der Waals surface area contributed by atoms with Crippen LogP contribution in [0, 0.1) is 11.2 Å². The van der Waals surface area contributed by atoms with Gasteiger partial charge in [0.1, 0.15) is 5.82 Å². The molecule has 1 atom stereocenters. The van der Waals surface area contributed by atoms with Gasteiger partial charge in [0.25, 0.3) is 0 Å². The van der Waals surface area contributed by atoms with Crippen molar-refractivity contribution in [2.75, 3.05) is 0 Å². The van der Waals surface area contributed by atoms with Crippen LogP contribution in [-0.4, -0.2) is 0 Å². The van der Waals surface area contributed by atoms with E-state index in [0.717, 1.165) is 6.42 Å². The summed E-state index contributed by atoms with van der Waals surface area (Å²) in [6.07, 6.45) is 0.876. The molecule has 0 heterocycles. The van der Waals surface area contributed by atoms with Gasteiger partial charge in [0, 0.05) is 16.1 Å². The Hall–Kier alpha value is -0.120. The monoisotopic (exact) mass is 307 g/mol. The Balaban J connectivity index is 3.20. The summed E-state index contributed by atoms with van der Waals surface area (Å²) in [6, 6.07) is 3.06. The fraction of sp³-hybridized carbons (Fsp3) is 0.500. The van der Waals surface area contributed by atoms with Crippen LogP contribution in [-0.2, 0) is 0 Å². The smallest absolute Gasteiger partial charge is 0.147 e. The van der Waals surface area contributed by atoms with Crippen LogP contribution in [0.15, 0.2) is 16.6 Å². The first kappa shape index (κ1) is 13.9. The molecule has 1 aromatic rings. The highest BCUT2D eigenvalue weighted by Gasteiger charge is 2.28. The molecular formula is C12H16BrClFN. The van der Waals surface area contributed by atoms with Crippen molar-refractivity contribution in [1.29, 1.82) is 0 Å². The Bertz CT molecular complexity index is 393. The maximum absolute atomic E-state index is 13.9. The molecule has 0 aliphatic heterocycles. The molecule has 4 heteroatoms. The Labute approximate surface area is 109 Å². The van der Waals surface area contributed by atoms with E-state index in [2.05, 4.69) is 15.9 Å². The number of hydrogen-bond donors (Lipinski definition) is 1. The van der Waals surface area contributed by atoms with Crippen molar-refractivity contribution >= 4 is 27.5 Å². The molecule has 1 aromatic carbocycles. The summed E-state index contributed by atoms with van der Waals surface area (Å²) >= 11 is 9.03. The van der Waals surface area contributed by atoms with Gasteiger partial charge in [-0.15, -0.1) is 0 Å². The lowest BCUT2D eigenvalue weighted by Crippen LogP contribution is -2.29. The van der Waals surface area contributed by atoms with Crippen LogP contribution >= 0.6 is 27.5 Å². The normalized spacial score (nSPS) is 13.9. The van der Waals surface area contributed by atoms with E-state index in [1.165, 1.54) is 0 Å². The molecular weight excluding hydrogens is 292 g/mol.